The number of para-hydroxylation sites is 2. The summed E-state index contributed by atoms with van der Waals surface area (Å²) in [5.41, 5.74) is 0.00922. The number of fused-ring (bicyclic) bond motifs is 1. The van der Waals surface area contributed by atoms with E-state index >= 15 is 0 Å². The van der Waals surface area contributed by atoms with Crippen LogP contribution in [-0.4, -0.2) is 53.0 Å². The van der Waals surface area contributed by atoms with Gasteiger partial charge in [-0.15, -0.1) is 0 Å². The lowest BCUT2D eigenvalue weighted by Crippen LogP contribution is -2.43. The number of rotatable bonds is 3. The third-order valence-electron chi connectivity index (χ3n) is 5.04. The lowest BCUT2D eigenvalue weighted by Gasteiger charge is -2.21. The number of aryl methyl sites for hydroxylation is 1. The van der Waals surface area contributed by atoms with Gasteiger partial charge in [0.2, 0.25) is 10.0 Å². The normalized spacial score (nSPS) is 16.3. The van der Waals surface area contributed by atoms with Crippen molar-refractivity contribution in [3.05, 3.63) is 51.3 Å². The molecule has 154 valence electrons. The Hall–Kier alpha value is -2.92. The molecule has 0 amide bonds. The largest absolute Gasteiger partial charge is 0.423 e. The van der Waals surface area contributed by atoms with E-state index in [1.165, 1.54) is 18.4 Å². The predicted octanol–water partition coefficient (Wildman–Crippen LogP) is 0.126. The fourth-order valence-corrected chi connectivity index (χ4v) is 5.03. The first-order valence-corrected chi connectivity index (χ1v) is 10.6. The first-order chi connectivity index (χ1) is 13.8. The van der Waals surface area contributed by atoms with Gasteiger partial charge in [-0.3, -0.25) is 9.36 Å². The second-order valence-electron chi connectivity index (χ2n) is 6.96. The number of aromatic nitrogens is 3. The Labute approximate surface area is 166 Å². The number of oxazole rings is 1. The standard InChI is InChI=1S/C18H21N5O5S/c1-20-12-15(16(24)21(2)18(20)25)29(26,27)23-9-5-8-22(10-11-23)17-19-13-6-3-4-7-14(13)28-17/h3-4,6-7,12H,5,8-11H2,1-2H3. The fraction of sp³-hybridized carbons (Fsp3) is 0.389. The van der Waals surface area contributed by atoms with Crippen LogP contribution in [0.3, 0.4) is 0 Å². The summed E-state index contributed by atoms with van der Waals surface area (Å²) in [4.78, 5) is 30.2. The van der Waals surface area contributed by atoms with Gasteiger partial charge in [0.05, 0.1) is 0 Å². The molecule has 3 aromatic rings. The maximum absolute atomic E-state index is 13.1. The van der Waals surface area contributed by atoms with E-state index in [2.05, 4.69) is 4.98 Å². The molecular weight excluding hydrogens is 398 g/mol. The molecule has 0 N–H and O–H groups in total. The van der Waals surface area contributed by atoms with Crippen LogP contribution in [0.1, 0.15) is 6.42 Å². The van der Waals surface area contributed by atoms with E-state index in [-0.39, 0.29) is 13.1 Å². The highest BCUT2D eigenvalue weighted by atomic mass is 32.2. The van der Waals surface area contributed by atoms with Crippen molar-refractivity contribution in [2.45, 2.75) is 11.3 Å². The number of hydrogen-bond donors (Lipinski definition) is 0. The Morgan fingerprint density at radius 1 is 1.03 bits per heavy atom. The minimum absolute atomic E-state index is 0.174. The first kappa shape index (κ1) is 19.4. The number of hydrogen-bond acceptors (Lipinski definition) is 7. The average Bonchev–Trinajstić information content (AvgIpc) is 2.97. The zero-order valence-electron chi connectivity index (χ0n) is 16.1. The molecule has 0 unspecified atom stereocenters. The van der Waals surface area contributed by atoms with Crippen molar-refractivity contribution >= 4 is 27.1 Å². The van der Waals surface area contributed by atoms with Crippen molar-refractivity contribution in [2.24, 2.45) is 14.1 Å². The summed E-state index contributed by atoms with van der Waals surface area (Å²) in [6, 6.07) is 7.87. The molecule has 29 heavy (non-hydrogen) atoms. The molecule has 3 heterocycles. The average molecular weight is 419 g/mol. The summed E-state index contributed by atoms with van der Waals surface area (Å²) in [6.45, 7) is 1.38. The van der Waals surface area contributed by atoms with Crippen LogP contribution < -0.4 is 16.1 Å². The van der Waals surface area contributed by atoms with Gasteiger partial charge >= 0.3 is 5.69 Å². The quantitative estimate of drug-likeness (QED) is 0.593. The van der Waals surface area contributed by atoms with Crippen molar-refractivity contribution < 1.29 is 12.8 Å². The van der Waals surface area contributed by atoms with E-state index in [1.54, 1.807) is 0 Å². The molecule has 1 aliphatic heterocycles. The molecule has 1 saturated heterocycles. The molecule has 1 aliphatic rings. The minimum atomic E-state index is -4.05. The van der Waals surface area contributed by atoms with E-state index in [0.717, 1.165) is 20.8 Å². The van der Waals surface area contributed by atoms with Gasteiger partial charge in [-0.05, 0) is 18.6 Å². The molecule has 11 heteroatoms. The topological polar surface area (TPSA) is 111 Å². The molecule has 0 radical (unpaired) electrons. The summed E-state index contributed by atoms with van der Waals surface area (Å²) in [5.74, 6) is 0. The van der Waals surface area contributed by atoms with Gasteiger partial charge in [-0.2, -0.15) is 9.29 Å². The van der Waals surface area contributed by atoms with E-state index < -0.39 is 26.2 Å². The van der Waals surface area contributed by atoms with Crippen LogP contribution in [0, 0.1) is 0 Å². The van der Waals surface area contributed by atoms with Crippen LogP contribution in [0.15, 0.2) is 49.4 Å². The van der Waals surface area contributed by atoms with Crippen LogP contribution in [0.4, 0.5) is 6.01 Å². The molecule has 1 fully saturated rings. The number of benzene rings is 1. The zero-order chi connectivity index (χ0) is 20.8. The smallest absolute Gasteiger partial charge is 0.330 e. The van der Waals surface area contributed by atoms with Gasteiger partial charge in [0.1, 0.15) is 5.52 Å². The number of sulfonamides is 1. The molecule has 4 rings (SSSR count). The van der Waals surface area contributed by atoms with Crippen molar-refractivity contribution in [1.82, 2.24) is 18.4 Å². The van der Waals surface area contributed by atoms with Crippen molar-refractivity contribution in [3.8, 4) is 0 Å². The zero-order valence-corrected chi connectivity index (χ0v) is 16.9. The Morgan fingerprint density at radius 3 is 2.55 bits per heavy atom. The molecular formula is C18H21N5O5S. The molecule has 0 saturated carbocycles. The van der Waals surface area contributed by atoms with Gasteiger partial charge in [0, 0.05) is 46.5 Å². The lowest BCUT2D eigenvalue weighted by molar-refractivity contribution is 0.429. The van der Waals surface area contributed by atoms with Crippen molar-refractivity contribution in [1.29, 1.82) is 0 Å². The van der Waals surface area contributed by atoms with Gasteiger partial charge < -0.3 is 13.9 Å². The van der Waals surface area contributed by atoms with Crippen LogP contribution >= 0.6 is 0 Å². The van der Waals surface area contributed by atoms with E-state index in [1.807, 2.05) is 29.2 Å². The van der Waals surface area contributed by atoms with Crippen LogP contribution in [0.5, 0.6) is 0 Å². The van der Waals surface area contributed by atoms with E-state index in [4.69, 9.17) is 4.42 Å². The van der Waals surface area contributed by atoms with E-state index in [9.17, 15) is 18.0 Å². The van der Waals surface area contributed by atoms with Gasteiger partial charge in [0.15, 0.2) is 10.5 Å². The van der Waals surface area contributed by atoms with Crippen LogP contribution in [0.2, 0.25) is 0 Å². The molecule has 0 spiro atoms. The summed E-state index contributed by atoms with van der Waals surface area (Å²) in [5, 5.41) is 0. The highest BCUT2D eigenvalue weighted by molar-refractivity contribution is 7.89. The molecule has 0 aliphatic carbocycles. The Morgan fingerprint density at radius 2 is 1.79 bits per heavy atom. The number of anilines is 1. The molecule has 0 bridgehead atoms. The predicted molar refractivity (Wildman–Crippen MR) is 107 cm³/mol. The Balaban J connectivity index is 1.61. The third kappa shape index (κ3) is 3.36. The molecule has 2 aromatic heterocycles. The van der Waals surface area contributed by atoms with Crippen LogP contribution in [-0.2, 0) is 24.1 Å². The van der Waals surface area contributed by atoms with Crippen molar-refractivity contribution in [2.75, 3.05) is 31.1 Å². The highest BCUT2D eigenvalue weighted by Crippen LogP contribution is 2.23. The fourth-order valence-electron chi connectivity index (χ4n) is 3.41. The van der Waals surface area contributed by atoms with Gasteiger partial charge in [0.25, 0.3) is 11.6 Å². The first-order valence-electron chi connectivity index (χ1n) is 9.16. The number of nitrogens with zero attached hydrogens (tertiary/aromatic N) is 5. The maximum atomic E-state index is 13.1. The molecule has 0 atom stereocenters. The third-order valence-corrected chi connectivity index (χ3v) is 6.92. The van der Waals surface area contributed by atoms with Gasteiger partial charge in [-0.1, -0.05) is 12.1 Å². The maximum Gasteiger partial charge on any atom is 0.330 e. The Kier molecular flexibility index (Phi) is 4.79. The lowest BCUT2D eigenvalue weighted by atomic mass is 10.3. The monoisotopic (exact) mass is 419 g/mol. The Bertz CT molecular complexity index is 1260. The minimum Gasteiger partial charge on any atom is -0.423 e. The second kappa shape index (κ2) is 7.16. The summed E-state index contributed by atoms with van der Waals surface area (Å²) >= 11 is 0. The SMILES string of the molecule is Cn1cc(S(=O)(=O)N2CCCN(c3nc4ccccc4o3)CC2)c(=O)n(C)c1=O. The molecule has 1 aromatic carbocycles. The molecule has 10 nitrogen and oxygen atoms in total. The summed E-state index contributed by atoms with van der Waals surface area (Å²) < 4.78 is 35.2. The van der Waals surface area contributed by atoms with Crippen molar-refractivity contribution in [3.63, 3.8) is 0 Å². The highest BCUT2D eigenvalue weighted by Gasteiger charge is 2.31. The summed E-state index contributed by atoms with van der Waals surface area (Å²) in [6.07, 6.45) is 1.63. The second-order valence-corrected chi connectivity index (χ2v) is 8.87. The van der Waals surface area contributed by atoms with Crippen LogP contribution in [0.25, 0.3) is 11.1 Å². The summed E-state index contributed by atoms with van der Waals surface area (Å²) in [7, 11) is -1.37. The van der Waals surface area contributed by atoms with Gasteiger partial charge in [-0.25, -0.2) is 13.2 Å². The van der Waals surface area contributed by atoms with E-state index in [0.29, 0.717) is 31.1 Å².